The van der Waals surface area contributed by atoms with Gasteiger partial charge in [-0.3, -0.25) is 9.97 Å². The van der Waals surface area contributed by atoms with Crippen molar-refractivity contribution in [2.75, 3.05) is 4.90 Å². The Morgan fingerprint density at radius 2 is 1.22 bits per heavy atom. The highest BCUT2D eigenvalue weighted by Gasteiger charge is 2.31. The van der Waals surface area contributed by atoms with Crippen LogP contribution in [0.4, 0.5) is 17.1 Å². The third-order valence-corrected chi connectivity index (χ3v) is 6.62. The molecule has 0 N–H and O–H groups in total. The number of hydrogen-bond acceptors (Lipinski definition) is 4. The topological polar surface area (TPSA) is 38.2 Å². The lowest BCUT2D eigenvalue weighted by Crippen LogP contribution is -2.18. The van der Waals surface area contributed by atoms with Crippen molar-refractivity contribution in [1.29, 1.82) is 0 Å². The van der Waals surface area contributed by atoms with E-state index in [4.69, 9.17) is 4.74 Å². The van der Waals surface area contributed by atoms with E-state index < -0.39 is 0 Å². The summed E-state index contributed by atoms with van der Waals surface area (Å²) in [5.41, 5.74) is 7.33. The van der Waals surface area contributed by atoms with E-state index >= 15 is 0 Å². The lowest BCUT2D eigenvalue weighted by molar-refractivity contribution is 0.478. The molecule has 6 aromatic rings. The molecule has 7 rings (SSSR count). The summed E-state index contributed by atoms with van der Waals surface area (Å²) >= 11 is 0. The summed E-state index contributed by atoms with van der Waals surface area (Å²) < 4.78 is 6.46. The van der Waals surface area contributed by atoms with Gasteiger partial charge in [0.05, 0.1) is 17.1 Å². The molecule has 0 radical (unpaired) electrons. The molecule has 36 heavy (non-hydrogen) atoms. The largest absolute Gasteiger partial charge is 0.453 e. The lowest BCUT2D eigenvalue weighted by atomic mass is 9.94. The van der Waals surface area contributed by atoms with Crippen molar-refractivity contribution in [3.8, 4) is 33.8 Å². The molecule has 1 aliphatic rings. The fourth-order valence-electron chi connectivity index (χ4n) is 5.04. The molecule has 4 aromatic carbocycles. The zero-order chi connectivity index (χ0) is 23.9. The van der Waals surface area contributed by atoms with Gasteiger partial charge in [-0.1, -0.05) is 72.8 Å². The second kappa shape index (κ2) is 8.36. The molecule has 0 saturated carbocycles. The Balaban J connectivity index is 1.63. The number of rotatable bonds is 3. The minimum Gasteiger partial charge on any atom is -0.453 e. The highest BCUT2D eigenvalue weighted by atomic mass is 16.5. The predicted octanol–water partition coefficient (Wildman–Crippen LogP) is 8.54. The molecule has 0 amide bonds. The van der Waals surface area contributed by atoms with Gasteiger partial charge in [-0.05, 0) is 35.7 Å². The van der Waals surface area contributed by atoms with Crippen LogP contribution in [0.15, 0.2) is 128 Å². The third kappa shape index (κ3) is 3.23. The van der Waals surface area contributed by atoms with Gasteiger partial charge in [0, 0.05) is 52.4 Å². The molecule has 0 aliphatic carbocycles. The van der Waals surface area contributed by atoms with Crippen LogP contribution in [0.5, 0.6) is 11.5 Å². The van der Waals surface area contributed by atoms with Crippen LogP contribution >= 0.6 is 0 Å². The average molecular weight is 464 g/mol. The smallest absolute Gasteiger partial charge is 0.152 e. The van der Waals surface area contributed by atoms with E-state index in [0.717, 1.165) is 61.6 Å². The van der Waals surface area contributed by atoms with Gasteiger partial charge in [0.25, 0.3) is 0 Å². The number of nitrogens with zero attached hydrogens (tertiary/aromatic N) is 3. The Labute approximate surface area is 209 Å². The maximum atomic E-state index is 6.46. The predicted molar refractivity (Wildman–Crippen MR) is 145 cm³/mol. The first kappa shape index (κ1) is 20.4. The second-order valence-electron chi connectivity index (χ2n) is 8.72. The molecule has 0 unspecified atom stereocenters. The summed E-state index contributed by atoms with van der Waals surface area (Å²) in [7, 11) is 0. The van der Waals surface area contributed by atoms with Crippen molar-refractivity contribution in [3.63, 3.8) is 0 Å². The van der Waals surface area contributed by atoms with Crippen LogP contribution in [-0.2, 0) is 0 Å². The van der Waals surface area contributed by atoms with Crippen LogP contribution in [0.2, 0.25) is 0 Å². The summed E-state index contributed by atoms with van der Waals surface area (Å²) in [6.45, 7) is 0. The highest BCUT2D eigenvalue weighted by Crippen LogP contribution is 2.56. The lowest BCUT2D eigenvalue weighted by Gasteiger charge is -2.36. The van der Waals surface area contributed by atoms with E-state index in [-0.39, 0.29) is 0 Å². The van der Waals surface area contributed by atoms with E-state index in [2.05, 4.69) is 93.7 Å². The molecule has 0 atom stereocenters. The van der Waals surface area contributed by atoms with E-state index in [0.29, 0.717) is 0 Å². The van der Waals surface area contributed by atoms with Crippen LogP contribution < -0.4 is 9.64 Å². The van der Waals surface area contributed by atoms with Crippen LogP contribution in [-0.4, -0.2) is 9.97 Å². The van der Waals surface area contributed by atoms with E-state index in [9.17, 15) is 0 Å². The molecule has 0 fully saturated rings. The zero-order valence-corrected chi connectivity index (χ0v) is 19.4. The number of pyridine rings is 2. The van der Waals surface area contributed by atoms with Gasteiger partial charge < -0.3 is 9.64 Å². The van der Waals surface area contributed by atoms with E-state index in [1.807, 2.05) is 36.7 Å². The normalized spacial score (nSPS) is 12.1. The van der Waals surface area contributed by atoms with Crippen molar-refractivity contribution in [3.05, 3.63) is 128 Å². The van der Waals surface area contributed by atoms with Crippen molar-refractivity contribution in [2.24, 2.45) is 0 Å². The molecular weight excluding hydrogens is 442 g/mol. The summed E-state index contributed by atoms with van der Waals surface area (Å²) in [5, 5.41) is 2.29. The maximum absolute atomic E-state index is 6.46. The molecule has 3 heterocycles. The standard InChI is InChI=1S/C32H21N3O/c1-2-11-25-22(8-1)16-17-30-32(25)35(28-14-3-4-15-29(28)36-30)31-26(23-9-6-18-33-20-23)12-5-13-27(31)24-10-7-19-34-21-24/h1-21H. The van der Waals surface area contributed by atoms with Gasteiger partial charge in [-0.15, -0.1) is 0 Å². The minimum atomic E-state index is 0.818. The van der Waals surface area contributed by atoms with Gasteiger partial charge in [-0.25, -0.2) is 0 Å². The van der Waals surface area contributed by atoms with Crippen molar-refractivity contribution in [1.82, 2.24) is 9.97 Å². The van der Waals surface area contributed by atoms with Gasteiger partial charge in [0.15, 0.2) is 11.5 Å². The van der Waals surface area contributed by atoms with Gasteiger partial charge in [0.1, 0.15) is 0 Å². The molecule has 0 bridgehead atoms. The molecule has 1 aliphatic heterocycles. The fraction of sp³-hybridized carbons (Fsp3) is 0. The Kier molecular flexibility index (Phi) is 4.74. The number of aromatic nitrogens is 2. The fourth-order valence-corrected chi connectivity index (χ4v) is 5.04. The summed E-state index contributed by atoms with van der Waals surface area (Å²) in [6.07, 6.45) is 7.45. The molecule has 170 valence electrons. The molecule has 4 heteroatoms. The third-order valence-electron chi connectivity index (χ3n) is 6.62. The number of fused-ring (bicyclic) bond motifs is 4. The van der Waals surface area contributed by atoms with Crippen molar-refractivity contribution >= 4 is 27.8 Å². The number of hydrogen-bond donors (Lipinski definition) is 0. The number of ether oxygens (including phenoxy) is 1. The average Bonchev–Trinajstić information content (AvgIpc) is 2.96. The molecular formula is C32H21N3O. The van der Waals surface area contributed by atoms with Crippen LogP contribution in [0.25, 0.3) is 33.0 Å². The number of anilines is 3. The Hall–Kier alpha value is -4.96. The second-order valence-corrected chi connectivity index (χ2v) is 8.72. The van der Waals surface area contributed by atoms with Crippen molar-refractivity contribution in [2.45, 2.75) is 0 Å². The number of para-hydroxylation sites is 3. The van der Waals surface area contributed by atoms with Crippen molar-refractivity contribution < 1.29 is 4.74 Å². The minimum absolute atomic E-state index is 0.818. The zero-order valence-electron chi connectivity index (χ0n) is 19.4. The first-order chi connectivity index (χ1) is 17.9. The summed E-state index contributed by atoms with van der Waals surface area (Å²) in [6, 6.07) is 35.4. The monoisotopic (exact) mass is 463 g/mol. The highest BCUT2D eigenvalue weighted by molar-refractivity contribution is 6.08. The Morgan fingerprint density at radius 3 is 1.94 bits per heavy atom. The quantitative estimate of drug-likeness (QED) is 0.263. The van der Waals surface area contributed by atoms with Crippen LogP contribution in [0.3, 0.4) is 0 Å². The van der Waals surface area contributed by atoms with Crippen LogP contribution in [0.1, 0.15) is 0 Å². The first-order valence-electron chi connectivity index (χ1n) is 11.9. The summed E-state index contributed by atoms with van der Waals surface area (Å²) in [5.74, 6) is 1.64. The molecule has 4 nitrogen and oxygen atoms in total. The SMILES string of the molecule is c1cncc(-c2cccc(-c3cccnc3)c2N2c3ccccc3Oc3ccc4ccccc4c32)c1. The molecule has 2 aromatic heterocycles. The first-order valence-corrected chi connectivity index (χ1v) is 11.9. The molecule has 0 spiro atoms. The van der Waals surface area contributed by atoms with Gasteiger partial charge >= 0.3 is 0 Å². The van der Waals surface area contributed by atoms with E-state index in [1.165, 1.54) is 0 Å². The maximum Gasteiger partial charge on any atom is 0.152 e. The Bertz CT molecular complexity index is 1660. The summed E-state index contributed by atoms with van der Waals surface area (Å²) in [4.78, 5) is 11.2. The van der Waals surface area contributed by atoms with Crippen LogP contribution in [0, 0.1) is 0 Å². The van der Waals surface area contributed by atoms with E-state index in [1.54, 1.807) is 12.4 Å². The van der Waals surface area contributed by atoms with Gasteiger partial charge in [-0.2, -0.15) is 0 Å². The van der Waals surface area contributed by atoms with Gasteiger partial charge in [0.2, 0.25) is 0 Å². The number of benzene rings is 4. The molecule has 0 saturated heterocycles. The Morgan fingerprint density at radius 1 is 0.528 bits per heavy atom.